The maximum Gasteiger partial charge on any atom is 0.0964 e. The van der Waals surface area contributed by atoms with Crippen molar-refractivity contribution in [2.45, 2.75) is 89.4 Å². The molecule has 0 fully saturated rings. The summed E-state index contributed by atoms with van der Waals surface area (Å²) in [7, 11) is 0. The van der Waals surface area contributed by atoms with E-state index in [0.29, 0.717) is 0 Å². The van der Waals surface area contributed by atoms with Crippen LogP contribution in [0.15, 0.2) is 0 Å². The van der Waals surface area contributed by atoms with E-state index in [1.807, 2.05) is 0 Å². The van der Waals surface area contributed by atoms with Crippen molar-refractivity contribution in [3.63, 3.8) is 0 Å². The zero-order chi connectivity index (χ0) is 12.1. The molecule has 0 aromatic heterocycles. The van der Waals surface area contributed by atoms with E-state index in [1.165, 1.54) is 64.2 Å². The van der Waals surface area contributed by atoms with Gasteiger partial charge in [0.05, 0.1) is 5.44 Å². The zero-order valence-corrected chi connectivity index (χ0v) is 11.9. The fourth-order valence-corrected chi connectivity index (χ4v) is 2.17. The Labute approximate surface area is 107 Å². The summed E-state index contributed by atoms with van der Waals surface area (Å²) >= 11 is 3.95. The van der Waals surface area contributed by atoms with Crippen molar-refractivity contribution in [1.82, 2.24) is 0 Å². The Morgan fingerprint density at radius 2 is 1.12 bits per heavy atom. The molecule has 0 aliphatic heterocycles. The van der Waals surface area contributed by atoms with Gasteiger partial charge in [-0.05, 0) is 6.42 Å². The Kier molecular flexibility index (Phi) is 13.6. The minimum atomic E-state index is -0.404. The van der Waals surface area contributed by atoms with Crippen LogP contribution in [-0.2, 0) is 0 Å². The summed E-state index contributed by atoms with van der Waals surface area (Å²) in [5.41, 5.74) is -0.404. The third-order valence-corrected chi connectivity index (χ3v) is 3.32. The summed E-state index contributed by atoms with van der Waals surface area (Å²) in [6, 6.07) is 0. The first kappa shape index (κ1) is 16.3. The lowest BCUT2D eigenvalue weighted by Gasteiger charge is -2.03. The van der Waals surface area contributed by atoms with E-state index in [-0.39, 0.29) is 0 Å². The van der Waals surface area contributed by atoms with Gasteiger partial charge in [-0.3, -0.25) is 0 Å². The van der Waals surface area contributed by atoms with Crippen LogP contribution in [0.1, 0.15) is 84.0 Å². The molecular formula is C14H30OS. The second kappa shape index (κ2) is 13.4. The highest BCUT2D eigenvalue weighted by atomic mass is 32.1. The van der Waals surface area contributed by atoms with Gasteiger partial charge in [-0.25, -0.2) is 0 Å². The molecule has 2 heteroatoms. The van der Waals surface area contributed by atoms with Crippen LogP contribution < -0.4 is 0 Å². The van der Waals surface area contributed by atoms with Crippen molar-refractivity contribution in [2.75, 3.05) is 0 Å². The van der Waals surface area contributed by atoms with Gasteiger partial charge >= 0.3 is 0 Å². The molecule has 0 saturated carbocycles. The number of unbranched alkanes of at least 4 members (excludes halogenated alkanes) is 10. The molecule has 1 nitrogen and oxygen atoms in total. The van der Waals surface area contributed by atoms with Crippen LogP contribution in [0.2, 0.25) is 0 Å². The smallest absolute Gasteiger partial charge is 0.0964 e. The van der Waals surface area contributed by atoms with Crippen molar-refractivity contribution in [3.05, 3.63) is 0 Å². The lowest BCUT2D eigenvalue weighted by atomic mass is 10.1. The number of aliphatic hydroxyl groups excluding tert-OH is 1. The van der Waals surface area contributed by atoms with Crippen LogP contribution in [0.5, 0.6) is 0 Å². The molecule has 1 N–H and O–H groups in total. The monoisotopic (exact) mass is 246 g/mol. The van der Waals surface area contributed by atoms with Gasteiger partial charge in [0, 0.05) is 0 Å². The molecule has 0 aliphatic carbocycles. The number of aliphatic hydroxyl groups is 1. The van der Waals surface area contributed by atoms with Crippen LogP contribution >= 0.6 is 12.6 Å². The van der Waals surface area contributed by atoms with E-state index in [0.717, 1.165) is 12.8 Å². The van der Waals surface area contributed by atoms with E-state index in [1.54, 1.807) is 0 Å². The maximum atomic E-state index is 8.96. The summed E-state index contributed by atoms with van der Waals surface area (Å²) in [5.74, 6) is 0. The molecule has 0 bridgehead atoms. The zero-order valence-electron chi connectivity index (χ0n) is 11.0. The van der Waals surface area contributed by atoms with E-state index < -0.39 is 5.44 Å². The Bertz CT molecular complexity index is 126. The number of thiol groups is 1. The molecule has 16 heavy (non-hydrogen) atoms. The van der Waals surface area contributed by atoms with Crippen molar-refractivity contribution < 1.29 is 5.11 Å². The summed E-state index contributed by atoms with van der Waals surface area (Å²) in [4.78, 5) is 0. The van der Waals surface area contributed by atoms with Gasteiger partial charge in [-0.15, -0.1) is 12.6 Å². The minimum Gasteiger partial charge on any atom is -0.383 e. The van der Waals surface area contributed by atoms with Crippen LogP contribution in [0, 0.1) is 0 Å². The summed E-state index contributed by atoms with van der Waals surface area (Å²) in [6.45, 7) is 2.27. The number of hydrogen-bond donors (Lipinski definition) is 2. The summed E-state index contributed by atoms with van der Waals surface area (Å²) < 4.78 is 0. The largest absolute Gasteiger partial charge is 0.383 e. The first-order valence-corrected chi connectivity index (χ1v) is 7.65. The van der Waals surface area contributed by atoms with Gasteiger partial charge in [0.25, 0.3) is 0 Å². The molecule has 0 rings (SSSR count). The molecule has 0 spiro atoms. The molecule has 98 valence electrons. The van der Waals surface area contributed by atoms with E-state index in [9.17, 15) is 0 Å². The first-order valence-electron chi connectivity index (χ1n) is 7.13. The lowest BCUT2D eigenvalue weighted by Crippen LogP contribution is -1.94. The Morgan fingerprint density at radius 3 is 1.50 bits per heavy atom. The highest BCUT2D eigenvalue weighted by molar-refractivity contribution is 7.80. The number of hydrogen-bond acceptors (Lipinski definition) is 2. The predicted octanol–water partition coefficient (Wildman–Crippen LogP) is 4.94. The van der Waals surface area contributed by atoms with Gasteiger partial charge in [-0.1, -0.05) is 77.6 Å². The van der Waals surface area contributed by atoms with Crippen LogP contribution in [0.3, 0.4) is 0 Å². The number of rotatable bonds is 12. The van der Waals surface area contributed by atoms with Gasteiger partial charge in [0.2, 0.25) is 0 Å². The average Bonchev–Trinajstić information content (AvgIpc) is 2.25. The third kappa shape index (κ3) is 14.3. The summed E-state index contributed by atoms with van der Waals surface area (Å²) in [5, 5.41) is 8.96. The molecule has 0 aliphatic rings. The highest BCUT2D eigenvalue weighted by Gasteiger charge is 1.96. The average molecular weight is 246 g/mol. The Hall–Kier alpha value is 0.310. The second-order valence-electron chi connectivity index (χ2n) is 4.80. The molecule has 0 heterocycles. The lowest BCUT2D eigenvalue weighted by molar-refractivity contribution is 0.249. The molecule has 0 amide bonds. The topological polar surface area (TPSA) is 20.2 Å². The van der Waals surface area contributed by atoms with Gasteiger partial charge in [0.1, 0.15) is 0 Å². The Balaban J connectivity index is 2.88. The van der Waals surface area contributed by atoms with Crippen molar-refractivity contribution in [3.8, 4) is 0 Å². The quantitative estimate of drug-likeness (QED) is 0.284. The fourth-order valence-electron chi connectivity index (χ4n) is 1.99. The molecule has 0 aromatic carbocycles. The van der Waals surface area contributed by atoms with Gasteiger partial charge in [0.15, 0.2) is 0 Å². The second-order valence-corrected chi connectivity index (χ2v) is 5.40. The highest BCUT2D eigenvalue weighted by Crippen LogP contribution is 2.12. The molecule has 0 aromatic rings. The molecular weight excluding hydrogens is 216 g/mol. The van der Waals surface area contributed by atoms with Crippen molar-refractivity contribution in [2.24, 2.45) is 0 Å². The SMILES string of the molecule is CCCCCCCCCCCCCC(O)S. The standard InChI is InChI=1S/C14H30OS/c1-2-3-4-5-6-7-8-9-10-11-12-13-14(15)16/h14-16H,2-13H2,1H3. The van der Waals surface area contributed by atoms with E-state index in [2.05, 4.69) is 19.6 Å². The maximum absolute atomic E-state index is 8.96. The molecule has 0 saturated heterocycles. The molecule has 0 radical (unpaired) electrons. The van der Waals surface area contributed by atoms with Crippen LogP contribution in [0.25, 0.3) is 0 Å². The van der Waals surface area contributed by atoms with Crippen LogP contribution in [-0.4, -0.2) is 10.5 Å². The first-order chi connectivity index (χ1) is 7.77. The van der Waals surface area contributed by atoms with Gasteiger partial charge in [-0.2, -0.15) is 0 Å². The van der Waals surface area contributed by atoms with Gasteiger partial charge < -0.3 is 5.11 Å². The van der Waals surface area contributed by atoms with Crippen LogP contribution in [0.4, 0.5) is 0 Å². The third-order valence-electron chi connectivity index (χ3n) is 3.07. The molecule has 1 unspecified atom stereocenters. The Morgan fingerprint density at radius 1 is 0.750 bits per heavy atom. The summed E-state index contributed by atoms with van der Waals surface area (Å²) in [6.07, 6.45) is 15.8. The molecule has 1 atom stereocenters. The van der Waals surface area contributed by atoms with Crippen molar-refractivity contribution in [1.29, 1.82) is 0 Å². The fraction of sp³-hybridized carbons (Fsp3) is 1.00. The van der Waals surface area contributed by atoms with E-state index >= 15 is 0 Å². The van der Waals surface area contributed by atoms with E-state index in [4.69, 9.17) is 5.11 Å². The normalized spacial score (nSPS) is 12.9. The minimum absolute atomic E-state index is 0.404. The predicted molar refractivity (Wildman–Crippen MR) is 76.1 cm³/mol. The van der Waals surface area contributed by atoms with Crippen molar-refractivity contribution >= 4 is 12.6 Å².